The van der Waals surface area contributed by atoms with Crippen molar-refractivity contribution >= 4 is 60.1 Å². The third-order valence-corrected chi connectivity index (χ3v) is 11.4. The standard InChI is InChI=1S/C14H20O4S.C11H15NO5S.C7H8OS.C6H11BrO2/c1-4-18-12(2)6-5-11-19(15,16)14-9-7-13(17-3)8-10-14;1-17-9-4-6-10(7-5-9)18(15,16)8-2-3-11(13)12-14;1-8-6-2-4-7(9)5-3-6;1-2-9-6(8)4-3-5-7/h7-10H,2,4-6,11H2,1,3H3;4-7,14H,2-3,8H2,1H3,(H,12,13);2-5,9H,1H3;2-5H2,1H3. The Labute approximate surface area is 340 Å². The summed E-state index contributed by atoms with van der Waals surface area (Å²) in [6.45, 7) is 8.46. The minimum Gasteiger partial charge on any atom is -0.499 e. The van der Waals surface area contributed by atoms with Crippen molar-refractivity contribution in [2.45, 2.75) is 67.1 Å². The van der Waals surface area contributed by atoms with Crippen LogP contribution in [0.5, 0.6) is 17.2 Å². The van der Waals surface area contributed by atoms with E-state index in [1.807, 2.05) is 38.1 Å². The molecule has 0 aliphatic carbocycles. The highest BCUT2D eigenvalue weighted by molar-refractivity contribution is 9.09. The topological polar surface area (TPSA) is 181 Å². The minimum absolute atomic E-state index is 0.0358. The summed E-state index contributed by atoms with van der Waals surface area (Å²) in [6, 6.07) is 20.0. The van der Waals surface area contributed by atoms with E-state index >= 15 is 0 Å². The van der Waals surface area contributed by atoms with Crippen molar-refractivity contribution in [3.63, 3.8) is 0 Å². The fraction of sp³-hybridized carbons (Fsp3) is 0.421. The third-order valence-electron chi connectivity index (χ3n) is 6.89. The van der Waals surface area contributed by atoms with E-state index in [-0.39, 0.29) is 35.2 Å². The molecule has 0 fully saturated rings. The monoisotopic (exact) mass is 891 g/mol. The average Bonchev–Trinajstić information content (AvgIpc) is 3.18. The fourth-order valence-electron chi connectivity index (χ4n) is 4.04. The predicted molar refractivity (Wildman–Crippen MR) is 219 cm³/mol. The maximum Gasteiger partial charge on any atom is 0.305 e. The molecule has 0 bridgehead atoms. The van der Waals surface area contributed by atoms with E-state index in [1.165, 1.54) is 24.7 Å². The Morgan fingerprint density at radius 3 is 1.44 bits per heavy atom. The molecule has 0 aliphatic heterocycles. The summed E-state index contributed by atoms with van der Waals surface area (Å²) < 4.78 is 72.6. The predicted octanol–water partition coefficient (Wildman–Crippen LogP) is 7.26. The van der Waals surface area contributed by atoms with Crippen LogP contribution in [-0.4, -0.2) is 85.3 Å². The second kappa shape index (κ2) is 29.5. The summed E-state index contributed by atoms with van der Waals surface area (Å²) in [4.78, 5) is 22.8. The lowest BCUT2D eigenvalue weighted by molar-refractivity contribution is -0.143. The zero-order chi connectivity index (χ0) is 41.7. The van der Waals surface area contributed by atoms with Crippen LogP contribution in [-0.2, 0) is 38.7 Å². The molecule has 2 N–H and O–H groups in total. The number of hydroxylamine groups is 1. The van der Waals surface area contributed by atoms with Gasteiger partial charge in [0.05, 0.1) is 61.6 Å². The van der Waals surface area contributed by atoms with Gasteiger partial charge >= 0.3 is 5.97 Å². The Balaban J connectivity index is 0.000000747. The molecule has 13 nitrogen and oxygen atoms in total. The summed E-state index contributed by atoms with van der Waals surface area (Å²) in [6.07, 6.45) is 2.57. The maximum atomic E-state index is 12.1. The number of nitrogens with one attached hydrogen (secondary N) is 1. The lowest BCUT2D eigenvalue weighted by Crippen LogP contribution is -2.19. The van der Waals surface area contributed by atoms with Gasteiger partial charge in [0.2, 0.25) is 5.91 Å². The highest BCUT2D eigenvalue weighted by Gasteiger charge is 2.16. The number of halogens is 1. The molecule has 3 aromatic rings. The number of carbonyl (C=O) groups excluding carboxylic acids is 2. The maximum absolute atomic E-state index is 12.1. The third kappa shape index (κ3) is 23.7. The van der Waals surface area contributed by atoms with Crippen molar-refractivity contribution in [2.24, 2.45) is 0 Å². The van der Waals surface area contributed by atoms with Crippen LogP contribution in [0, 0.1) is 0 Å². The Morgan fingerprint density at radius 1 is 0.673 bits per heavy atom. The van der Waals surface area contributed by atoms with Crippen molar-refractivity contribution in [3.8, 4) is 17.2 Å². The zero-order valence-electron chi connectivity index (χ0n) is 32.0. The molecule has 0 aromatic heterocycles. The van der Waals surface area contributed by atoms with Crippen LogP contribution in [0.4, 0.5) is 0 Å². The first-order valence-corrected chi connectivity index (χ1v) is 22.0. The molecule has 0 heterocycles. The van der Waals surface area contributed by atoms with E-state index in [0.29, 0.717) is 54.6 Å². The number of allylic oxidation sites excluding steroid dienone is 1. The number of carbonyl (C=O) groups is 2. The van der Waals surface area contributed by atoms with Gasteiger partial charge in [-0.3, -0.25) is 14.8 Å². The van der Waals surface area contributed by atoms with Crippen molar-refractivity contribution in [1.82, 2.24) is 5.48 Å². The summed E-state index contributed by atoms with van der Waals surface area (Å²) in [7, 11) is -1.97. The van der Waals surface area contributed by atoms with Gasteiger partial charge in [-0.05, 0) is 106 Å². The molecule has 1 amide bonds. The summed E-state index contributed by atoms with van der Waals surface area (Å²) in [5.41, 5.74) is 1.46. The largest absolute Gasteiger partial charge is 0.499 e. The molecule has 308 valence electrons. The Bertz CT molecular complexity index is 1740. The Morgan fingerprint density at radius 2 is 1.07 bits per heavy atom. The van der Waals surface area contributed by atoms with Gasteiger partial charge in [0, 0.05) is 29.5 Å². The van der Waals surface area contributed by atoms with Crippen LogP contribution < -0.4 is 19.7 Å². The summed E-state index contributed by atoms with van der Waals surface area (Å²) in [5, 5.41) is 9.14. The molecule has 0 saturated carbocycles. The SMILES string of the molecule is C=C(CCCS(=O)(=O)c1ccc(OC)cc1)OCC.CCOC(=O)CCCBr.COc1ccc(S(=O)(=O)CCCC(=O)NO)cc1.COc1ccc(S)cc1. The zero-order valence-corrected chi connectivity index (χ0v) is 36.1. The molecule has 55 heavy (non-hydrogen) atoms. The van der Waals surface area contributed by atoms with Crippen LogP contribution in [0.1, 0.15) is 52.4 Å². The van der Waals surface area contributed by atoms with Crippen LogP contribution >= 0.6 is 28.6 Å². The highest BCUT2D eigenvalue weighted by Crippen LogP contribution is 2.19. The first-order valence-electron chi connectivity index (χ1n) is 17.1. The van der Waals surface area contributed by atoms with Gasteiger partial charge in [-0.15, -0.1) is 12.6 Å². The number of thiol groups is 1. The number of hydrogen-bond acceptors (Lipinski definition) is 13. The van der Waals surface area contributed by atoms with Crippen molar-refractivity contribution in [3.05, 3.63) is 85.1 Å². The molecule has 0 aliphatic rings. The molecule has 0 unspecified atom stereocenters. The first-order chi connectivity index (χ1) is 26.1. The molecule has 0 atom stereocenters. The highest BCUT2D eigenvalue weighted by atomic mass is 79.9. The van der Waals surface area contributed by atoms with Crippen molar-refractivity contribution < 1.29 is 55.3 Å². The number of sulfone groups is 2. The number of alkyl halides is 1. The van der Waals surface area contributed by atoms with E-state index in [4.69, 9.17) is 24.2 Å². The quantitative estimate of drug-likeness (QED) is 0.0274. The van der Waals surface area contributed by atoms with E-state index in [9.17, 15) is 26.4 Å². The van der Waals surface area contributed by atoms with Gasteiger partial charge in [0.1, 0.15) is 17.2 Å². The molecule has 3 rings (SSSR count). The van der Waals surface area contributed by atoms with E-state index < -0.39 is 25.6 Å². The van der Waals surface area contributed by atoms with Crippen LogP contribution in [0.25, 0.3) is 0 Å². The number of ether oxygens (including phenoxy) is 5. The Hall–Kier alpha value is -3.77. The van der Waals surface area contributed by atoms with Gasteiger partial charge < -0.3 is 23.7 Å². The number of esters is 1. The minimum atomic E-state index is -3.41. The fourth-order valence-corrected chi connectivity index (χ4v) is 7.09. The molecule has 0 spiro atoms. The summed E-state index contributed by atoms with van der Waals surface area (Å²) in [5.74, 6) is 1.97. The smallest absolute Gasteiger partial charge is 0.305 e. The molecule has 0 radical (unpaired) electrons. The average molecular weight is 893 g/mol. The van der Waals surface area contributed by atoms with E-state index in [0.717, 1.165) is 22.4 Å². The van der Waals surface area contributed by atoms with E-state index in [2.05, 4.69) is 39.9 Å². The van der Waals surface area contributed by atoms with Crippen LogP contribution in [0.2, 0.25) is 0 Å². The van der Waals surface area contributed by atoms with Gasteiger partial charge in [0.25, 0.3) is 0 Å². The van der Waals surface area contributed by atoms with Gasteiger partial charge in [-0.1, -0.05) is 22.5 Å². The van der Waals surface area contributed by atoms with Crippen molar-refractivity contribution in [1.29, 1.82) is 0 Å². The number of methoxy groups -OCH3 is 3. The molecule has 17 heteroatoms. The number of amides is 1. The normalized spacial score (nSPS) is 10.4. The molecule has 3 aromatic carbocycles. The molecule has 0 saturated heterocycles. The lowest BCUT2D eigenvalue weighted by Gasteiger charge is -2.08. The second-order valence-electron chi connectivity index (χ2n) is 11.0. The van der Waals surface area contributed by atoms with E-state index in [1.54, 1.807) is 50.6 Å². The van der Waals surface area contributed by atoms with Gasteiger partial charge in [-0.2, -0.15) is 0 Å². The first kappa shape index (κ1) is 51.2. The number of hydrogen-bond donors (Lipinski definition) is 3. The molecular weight excluding hydrogens is 839 g/mol. The van der Waals surface area contributed by atoms with Crippen molar-refractivity contribution in [2.75, 3.05) is 51.4 Å². The van der Waals surface area contributed by atoms with Gasteiger partial charge in [0.15, 0.2) is 19.7 Å². The number of benzene rings is 3. The number of rotatable bonds is 19. The summed E-state index contributed by atoms with van der Waals surface area (Å²) >= 11 is 7.34. The second-order valence-corrected chi connectivity index (χ2v) is 16.5. The van der Waals surface area contributed by atoms with Gasteiger partial charge in [-0.25, -0.2) is 22.3 Å². The molecular formula is C38H54BrNO12S3. The van der Waals surface area contributed by atoms with Crippen LogP contribution in [0.3, 0.4) is 0 Å². The van der Waals surface area contributed by atoms with Crippen LogP contribution in [0.15, 0.2) is 99.8 Å². The lowest BCUT2D eigenvalue weighted by atomic mass is 10.3. The Kier molecular flexibility index (Phi) is 27.5.